The van der Waals surface area contributed by atoms with Crippen molar-refractivity contribution in [2.24, 2.45) is 0 Å². The second-order valence-electron chi connectivity index (χ2n) is 3.37. The Morgan fingerprint density at radius 2 is 2.17 bits per heavy atom. The van der Waals surface area contributed by atoms with Crippen molar-refractivity contribution in [1.82, 2.24) is 5.32 Å². The summed E-state index contributed by atoms with van der Waals surface area (Å²) in [5.74, 6) is -0.665. The fourth-order valence-electron chi connectivity index (χ4n) is 1.23. The van der Waals surface area contributed by atoms with Crippen molar-refractivity contribution in [2.45, 2.75) is 0 Å². The lowest BCUT2D eigenvalue weighted by Gasteiger charge is -2.06. The molecular formula is C11H16N2O4S. The zero-order valence-corrected chi connectivity index (χ0v) is 11.1. The highest BCUT2D eigenvalue weighted by Gasteiger charge is 2.15. The molecule has 1 amide bonds. The van der Waals surface area contributed by atoms with Crippen LogP contribution in [0, 0.1) is 0 Å². The molecule has 0 spiro atoms. The third kappa shape index (κ3) is 4.44. The number of hydrogen-bond acceptors (Lipinski definition) is 6. The van der Waals surface area contributed by atoms with E-state index in [1.165, 1.54) is 18.4 Å². The molecule has 0 saturated carbocycles. The van der Waals surface area contributed by atoms with Crippen molar-refractivity contribution in [3.05, 3.63) is 16.3 Å². The quantitative estimate of drug-likeness (QED) is 0.564. The summed E-state index contributed by atoms with van der Waals surface area (Å²) >= 11 is 1.23. The van der Waals surface area contributed by atoms with Crippen molar-refractivity contribution in [2.75, 3.05) is 39.2 Å². The summed E-state index contributed by atoms with van der Waals surface area (Å²) in [6, 6.07) is 1.67. The lowest BCUT2D eigenvalue weighted by atomic mass is 10.3. The highest BCUT2D eigenvalue weighted by atomic mass is 32.1. The predicted molar refractivity (Wildman–Crippen MR) is 69.0 cm³/mol. The first kappa shape index (κ1) is 14.6. The lowest BCUT2D eigenvalue weighted by Crippen LogP contribution is -2.30. The van der Waals surface area contributed by atoms with E-state index < -0.39 is 5.97 Å². The number of thiophene rings is 1. The molecule has 0 fully saturated rings. The number of anilines is 1. The number of amides is 1. The van der Waals surface area contributed by atoms with E-state index in [1.807, 2.05) is 0 Å². The molecule has 1 aromatic heterocycles. The van der Waals surface area contributed by atoms with Gasteiger partial charge in [-0.3, -0.25) is 4.79 Å². The van der Waals surface area contributed by atoms with E-state index in [1.54, 1.807) is 18.6 Å². The molecule has 2 N–H and O–H groups in total. The molecule has 0 saturated heterocycles. The molecular weight excluding hydrogens is 256 g/mol. The standard InChI is InChI=1S/C11H16N2O4S/c1-16-5-4-12-7-9(14)13-8-3-6-18-10(8)11(15)17-2/h3,6,12H,4-5,7H2,1-2H3,(H,13,14). The summed E-state index contributed by atoms with van der Waals surface area (Å²) in [6.45, 7) is 1.30. The Bertz CT molecular complexity index is 406. The predicted octanol–water partition coefficient (Wildman–Crippen LogP) is 0.709. The number of rotatable bonds is 7. The molecule has 6 nitrogen and oxygen atoms in total. The van der Waals surface area contributed by atoms with Crippen LogP contribution in [-0.4, -0.2) is 45.8 Å². The number of hydrogen-bond donors (Lipinski definition) is 2. The highest BCUT2D eigenvalue weighted by Crippen LogP contribution is 2.22. The van der Waals surface area contributed by atoms with Gasteiger partial charge in [0.05, 0.1) is 25.9 Å². The van der Waals surface area contributed by atoms with Crippen LogP contribution in [0.2, 0.25) is 0 Å². The van der Waals surface area contributed by atoms with Crippen molar-refractivity contribution < 1.29 is 19.1 Å². The van der Waals surface area contributed by atoms with Crippen LogP contribution < -0.4 is 10.6 Å². The van der Waals surface area contributed by atoms with Crippen molar-refractivity contribution in [3.8, 4) is 0 Å². The van der Waals surface area contributed by atoms with E-state index in [0.29, 0.717) is 23.7 Å². The van der Waals surface area contributed by atoms with Gasteiger partial charge in [0, 0.05) is 13.7 Å². The van der Waals surface area contributed by atoms with E-state index in [-0.39, 0.29) is 12.5 Å². The first-order valence-corrected chi connectivity index (χ1v) is 6.22. The third-order valence-electron chi connectivity index (χ3n) is 2.08. The molecule has 0 aliphatic carbocycles. The summed E-state index contributed by atoms with van der Waals surface area (Å²) in [4.78, 5) is 23.3. The normalized spacial score (nSPS) is 10.1. The van der Waals surface area contributed by atoms with Crippen LogP contribution >= 0.6 is 11.3 Å². The largest absolute Gasteiger partial charge is 0.465 e. The summed E-state index contributed by atoms with van der Waals surface area (Å²) < 4.78 is 9.46. The molecule has 7 heteroatoms. The van der Waals surface area contributed by atoms with Gasteiger partial charge in [0.25, 0.3) is 0 Å². The first-order valence-electron chi connectivity index (χ1n) is 5.34. The van der Waals surface area contributed by atoms with Gasteiger partial charge in [-0.1, -0.05) is 0 Å². The van der Waals surface area contributed by atoms with Gasteiger partial charge in [-0.15, -0.1) is 11.3 Å². The fraction of sp³-hybridized carbons (Fsp3) is 0.455. The maximum atomic E-state index is 11.6. The molecule has 0 bridgehead atoms. The van der Waals surface area contributed by atoms with Gasteiger partial charge in [0.2, 0.25) is 5.91 Å². The van der Waals surface area contributed by atoms with Gasteiger partial charge < -0.3 is 20.1 Å². The molecule has 0 radical (unpaired) electrons. The van der Waals surface area contributed by atoms with E-state index in [2.05, 4.69) is 15.4 Å². The van der Waals surface area contributed by atoms with Crippen molar-refractivity contribution >= 4 is 28.9 Å². The maximum Gasteiger partial charge on any atom is 0.350 e. The van der Waals surface area contributed by atoms with Gasteiger partial charge in [-0.25, -0.2) is 4.79 Å². The number of carbonyl (C=O) groups is 2. The lowest BCUT2D eigenvalue weighted by molar-refractivity contribution is -0.115. The van der Waals surface area contributed by atoms with Crippen LogP contribution in [0.4, 0.5) is 5.69 Å². The molecule has 18 heavy (non-hydrogen) atoms. The van der Waals surface area contributed by atoms with Gasteiger partial charge >= 0.3 is 5.97 Å². The van der Waals surface area contributed by atoms with Crippen LogP contribution in [0.3, 0.4) is 0 Å². The third-order valence-corrected chi connectivity index (χ3v) is 2.97. The molecule has 1 rings (SSSR count). The van der Waals surface area contributed by atoms with Gasteiger partial charge in [-0.2, -0.15) is 0 Å². The van der Waals surface area contributed by atoms with Crippen molar-refractivity contribution in [3.63, 3.8) is 0 Å². The molecule has 0 aliphatic heterocycles. The van der Waals surface area contributed by atoms with E-state index in [0.717, 1.165) is 0 Å². The molecule has 0 atom stereocenters. The second kappa shape index (κ2) is 7.80. The minimum Gasteiger partial charge on any atom is -0.465 e. The van der Waals surface area contributed by atoms with Gasteiger partial charge in [0.15, 0.2) is 0 Å². The van der Waals surface area contributed by atoms with Crippen LogP contribution in [0.5, 0.6) is 0 Å². The SMILES string of the molecule is COCCNCC(=O)Nc1ccsc1C(=O)OC. The van der Waals surface area contributed by atoms with Crippen LogP contribution in [0.15, 0.2) is 11.4 Å². The minimum atomic E-state index is -0.451. The minimum absolute atomic E-state index is 0.166. The topological polar surface area (TPSA) is 76.7 Å². The molecule has 1 heterocycles. The van der Waals surface area contributed by atoms with Crippen LogP contribution in [0.25, 0.3) is 0 Å². The summed E-state index contributed by atoms with van der Waals surface area (Å²) in [5, 5.41) is 7.28. The Morgan fingerprint density at radius 3 is 2.83 bits per heavy atom. The fourth-order valence-corrected chi connectivity index (χ4v) is 1.99. The average molecular weight is 272 g/mol. The van der Waals surface area contributed by atoms with E-state index >= 15 is 0 Å². The molecule has 1 aromatic rings. The Morgan fingerprint density at radius 1 is 1.39 bits per heavy atom. The Labute approximate surface area is 109 Å². The smallest absolute Gasteiger partial charge is 0.350 e. The summed E-state index contributed by atoms with van der Waals surface area (Å²) in [6.07, 6.45) is 0. The monoisotopic (exact) mass is 272 g/mol. The van der Waals surface area contributed by atoms with E-state index in [4.69, 9.17) is 4.74 Å². The number of ether oxygens (including phenoxy) is 2. The number of methoxy groups -OCH3 is 2. The molecule has 0 aromatic carbocycles. The van der Waals surface area contributed by atoms with Gasteiger partial charge in [0.1, 0.15) is 4.88 Å². The van der Waals surface area contributed by atoms with Crippen LogP contribution in [-0.2, 0) is 14.3 Å². The number of nitrogens with one attached hydrogen (secondary N) is 2. The van der Waals surface area contributed by atoms with Crippen LogP contribution in [0.1, 0.15) is 9.67 Å². The average Bonchev–Trinajstić information content (AvgIpc) is 2.82. The summed E-state index contributed by atoms with van der Waals surface area (Å²) in [7, 11) is 2.90. The Balaban J connectivity index is 2.44. The molecule has 0 aliphatic rings. The Kier molecular flexibility index (Phi) is 6.34. The van der Waals surface area contributed by atoms with Gasteiger partial charge in [-0.05, 0) is 11.4 Å². The first-order chi connectivity index (χ1) is 8.69. The molecule has 100 valence electrons. The summed E-state index contributed by atoms with van der Waals surface area (Å²) in [5.41, 5.74) is 0.477. The molecule has 0 unspecified atom stereocenters. The number of carbonyl (C=O) groups excluding carboxylic acids is 2. The zero-order valence-electron chi connectivity index (χ0n) is 10.3. The highest BCUT2D eigenvalue weighted by molar-refractivity contribution is 7.12. The maximum absolute atomic E-state index is 11.6. The Hall–Kier alpha value is -1.44. The van der Waals surface area contributed by atoms with E-state index in [9.17, 15) is 9.59 Å². The zero-order chi connectivity index (χ0) is 13.4. The second-order valence-corrected chi connectivity index (χ2v) is 4.29. The number of esters is 1. The van der Waals surface area contributed by atoms with Crippen molar-refractivity contribution in [1.29, 1.82) is 0 Å².